The Hall–Kier alpha value is -0.650. The van der Waals surface area contributed by atoms with Gasteiger partial charge in [-0.3, -0.25) is 10.00 Å². The van der Waals surface area contributed by atoms with Crippen molar-refractivity contribution in [1.82, 2.24) is 15.1 Å². The summed E-state index contributed by atoms with van der Waals surface area (Å²) in [7, 11) is 0. The van der Waals surface area contributed by atoms with Gasteiger partial charge in [-0.25, -0.2) is 4.39 Å². The maximum atomic E-state index is 13.0. The van der Waals surface area contributed by atoms with Crippen molar-refractivity contribution in [3.05, 3.63) is 16.4 Å². The zero-order chi connectivity index (χ0) is 11.0. The first-order valence-electron chi connectivity index (χ1n) is 4.81. The molecule has 0 radical (unpaired) electrons. The number of hydrogen-bond donors (Lipinski definition) is 2. The van der Waals surface area contributed by atoms with Crippen molar-refractivity contribution in [2.45, 2.75) is 25.7 Å². The Bertz CT molecular complexity index is 347. The average Bonchev–Trinajstić information content (AvgIpc) is 2.65. The molecule has 0 aromatic carbocycles. The number of hydrogen-bond acceptors (Lipinski definition) is 3. The van der Waals surface area contributed by atoms with Crippen LogP contribution < -0.4 is 0 Å². The second-order valence-electron chi connectivity index (χ2n) is 3.89. The molecule has 0 aliphatic carbocycles. The van der Waals surface area contributed by atoms with Gasteiger partial charge in [0.15, 0.2) is 0 Å². The summed E-state index contributed by atoms with van der Waals surface area (Å²) in [5.41, 5.74) is 1.51. The molecule has 1 aliphatic heterocycles. The van der Waals surface area contributed by atoms with Crippen LogP contribution in [0, 0.1) is 6.92 Å². The highest BCUT2D eigenvalue weighted by Gasteiger charge is 2.31. The van der Waals surface area contributed by atoms with Gasteiger partial charge in [0.05, 0.1) is 22.5 Å². The van der Waals surface area contributed by atoms with Gasteiger partial charge in [0, 0.05) is 19.6 Å². The van der Waals surface area contributed by atoms with Crippen LogP contribution in [0.15, 0.2) is 0 Å². The van der Waals surface area contributed by atoms with Gasteiger partial charge in [-0.1, -0.05) is 11.6 Å². The van der Waals surface area contributed by atoms with Crippen LogP contribution in [-0.4, -0.2) is 45.6 Å². The number of aliphatic hydroxyl groups excluding tert-OH is 1. The highest BCUT2D eigenvalue weighted by atomic mass is 35.5. The number of rotatable bonds is 2. The number of aryl methyl sites for hydroxylation is 1. The minimum Gasteiger partial charge on any atom is -0.389 e. The van der Waals surface area contributed by atoms with E-state index < -0.39 is 12.3 Å². The number of halogens is 2. The summed E-state index contributed by atoms with van der Waals surface area (Å²) in [5, 5.41) is 16.6. The van der Waals surface area contributed by atoms with E-state index in [2.05, 4.69) is 10.2 Å². The van der Waals surface area contributed by atoms with E-state index in [1.165, 1.54) is 0 Å². The van der Waals surface area contributed by atoms with E-state index in [1.54, 1.807) is 4.90 Å². The molecule has 1 aliphatic rings. The molecular weight excluding hydrogens is 221 g/mol. The number of aromatic amines is 1. The predicted octanol–water partition coefficient (Wildman–Crippen LogP) is 0.886. The third kappa shape index (κ3) is 2.14. The standard InChI is InChI=1S/C9H13ClFN3O/c1-5-9(10)7(13-12-5)3-14-2-6(11)8(15)4-14/h6,8,15H,2-4H2,1H3,(H,12,13)/t6-,8-/m1/s1. The maximum Gasteiger partial charge on any atom is 0.140 e. The Kier molecular flexibility index (Phi) is 2.95. The highest BCUT2D eigenvalue weighted by molar-refractivity contribution is 6.31. The molecule has 2 atom stereocenters. The molecule has 6 heteroatoms. The number of nitrogens with one attached hydrogen (secondary N) is 1. The van der Waals surface area contributed by atoms with Gasteiger partial charge in [0.2, 0.25) is 0 Å². The van der Waals surface area contributed by atoms with Gasteiger partial charge in [-0.05, 0) is 6.92 Å². The van der Waals surface area contributed by atoms with Gasteiger partial charge < -0.3 is 5.11 Å². The molecule has 0 bridgehead atoms. The van der Waals surface area contributed by atoms with Crippen LogP contribution in [0.3, 0.4) is 0 Å². The molecular formula is C9H13ClFN3O. The fourth-order valence-corrected chi connectivity index (χ4v) is 1.88. The molecule has 2 N–H and O–H groups in total. The smallest absolute Gasteiger partial charge is 0.140 e. The summed E-state index contributed by atoms with van der Waals surface area (Å²) in [6, 6.07) is 0. The third-order valence-corrected chi connectivity index (χ3v) is 3.11. The Labute approximate surface area is 92.0 Å². The van der Waals surface area contributed by atoms with Crippen molar-refractivity contribution in [2.75, 3.05) is 13.1 Å². The molecule has 2 heterocycles. The van der Waals surface area contributed by atoms with E-state index >= 15 is 0 Å². The second-order valence-corrected chi connectivity index (χ2v) is 4.26. The quantitative estimate of drug-likeness (QED) is 0.798. The average molecular weight is 234 g/mol. The van der Waals surface area contributed by atoms with Crippen LogP contribution in [0.5, 0.6) is 0 Å². The van der Waals surface area contributed by atoms with E-state index in [0.29, 0.717) is 23.8 Å². The Morgan fingerprint density at radius 1 is 1.67 bits per heavy atom. The van der Waals surface area contributed by atoms with Crippen LogP contribution in [0.1, 0.15) is 11.4 Å². The number of likely N-dealkylation sites (tertiary alicyclic amines) is 1. The summed E-state index contributed by atoms with van der Waals surface area (Å²) in [6.45, 7) is 2.88. The van der Waals surface area contributed by atoms with Crippen LogP contribution in [-0.2, 0) is 6.54 Å². The van der Waals surface area contributed by atoms with Crippen LogP contribution >= 0.6 is 11.6 Å². The number of aliphatic hydroxyl groups is 1. The SMILES string of the molecule is Cc1[nH]nc(CN2C[C@@H](O)[C@H](F)C2)c1Cl. The largest absolute Gasteiger partial charge is 0.389 e. The third-order valence-electron chi connectivity index (χ3n) is 2.61. The van der Waals surface area contributed by atoms with Crippen LogP contribution in [0.4, 0.5) is 4.39 Å². The molecule has 0 unspecified atom stereocenters. The fraction of sp³-hybridized carbons (Fsp3) is 0.667. The summed E-state index contributed by atoms with van der Waals surface area (Å²) in [5.74, 6) is 0. The number of β-amino-alcohol motifs (C(OH)–C–C–N with tert-alkyl or cyclic N) is 1. The fourth-order valence-electron chi connectivity index (χ4n) is 1.73. The van der Waals surface area contributed by atoms with E-state index in [1.807, 2.05) is 6.92 Å². The molecule has 0 spiro atoms. The highest BCUT2D eigenvalue weighted by Crippen LogP contribution is 2.21. The lowest BCUT2D eigenvalue weighted by Crippen LogP contribution is -2.21. The molecule has 1 aromatic rings. The number of aromatic nitrogens is 2. The zero-order valence-electron chi connectivity index (χ0n) is 8.37. The molecule has 84 valence electrons. The molecule has 1 fully saturated rings. The Morgan fingerprint density at radius 3 is 2.87 bits per heavy atom. The minimum absolute atomic E-state index is 0.239. The molecule has 2 rings (SSSR count). The zero-order valence-corrected chi connectivity index (χ0v) is 9.13. The van der Waals surface area contributed by atoms with Gasteiger partial charge >= 0.3 is 0 Å². The van der Waals surface area contributed by atoms with Crippen LogP contribution in [0.2, 0.25) is 5.02 Å². The normalized spacial score (nSPS) is 27.5. The number of alkyl halides is 1. The molecule has 4 nitrogen and oxygen atoms in total. The first-order chi connectivity index (χ1) is 7.08. The van der Waals surface area contributed by atoms with Crippen molar-refractivity contribution in [3.63, 3.8) is 0 Å². The minimum atomic E-state index is -1.16. The van der Waals surface area contributed by atoms with E-state index in [0.717, 1.165) is 5.69 Å². The summed E-state index contributed by atoms with van der Waals surface area (Å²) >= 11 is 5.98. The lowest BCUT2D eigenvalue weighted by Gasteiger charge is -2.12. The first-order valence-corrected chi connectivity index (χ1v) is 5.19. The van der Waals surface area contributed by atoms with Crippen molar-refractivity contribution in [2.24, 2.45) is 0 Å². The van der Waals surface area contributed by atoms with E-state index in [-0.39, 0.29) is 6.54 Å². The maximum absolute atomic E-state index is 13.0. The number of H-pyrrole nitrogens is 1. The van der Waals surface area contributed by atoms with Crippen LogP contribution in [0.25, 0.3) is 0 Å². The van der Waals surface area contributed by atoms with Gasteiger partial charge in [-0.15, -0.1) is 0 Å². The van der Waals surface area contributed by atoms with Gasteiger partial charge in [0.1, 0.15) is 6.17 Å². The molecule has 0 saturated carbocycles. The first kappa shape index (κ1) is 10.9. The Morgan fingerprint density at radius 2 is 2.40 bits per heavy atom. The van der Waals surface area contributed by atoms with Gasteiger partial charge in [-0.2, -0.15) is 5.10 Å². The Balaban J connectivity index is 2.01. The number of nitrogens with zero attached hydrogens (tertiary/aromatic N) is 2. The van der Waals surface area contributed by atoms with Crippen molar-refractivity contribution < 1.29 is 9.50 Å². The second kappa shape index (κ2) is 4.08. The van der Waals surface area contributed by atoms with Crippen molar-refractivity contribution in [1.29, 1.82) is 0 Å². The van der Waals surface area contributed by atoms with E-state index in [4.69, 9.17) is 11.6 Å². The van der Waals surface area contributed by atoms with Gasteiger partial charge in [0.25, 0.3) is 0 Å². The summed E-state index contributed by atoms with van der Waals surface area (Å²) in [6.07, 6.45) is -2.05. The monoisotopic (exact) mass is 233 g/mol. The van der Waals surface area contributed by atoms with Crippen molar-refractivity contribution >= 4 is 11.6 Å². The molecule has 0 amide bonds. The summed E-state index contributed by atoms with van der Waals surface area (Å²) in [4.78, 5) is 1.80. The molecule has 1 saturated heterocycles. The summed E-state index contributed by atoms with van der Waals surface area (Å²) < 4.78 is 13.0. The predicted molar refractivity (Wildman–Crippen MR) is 54.5 cm³/mol. The molecule has 15 heavy (non-hydrogen) atoms. The topological polar surface area (TPSA) is 52.2 Å². The molecule has 1 aromatic heterocycles. The van der Waals surface area contributed by atoms with Crippen molar-refractivity contribution in [3.8, 4) is 0 Å². The lowest BCUT2D eigenvalue weighted by atomic mass is 10.3. The lowest BCUT2D eigenvalue weighted by molar-refractivity contribution is 0.115. The van der Waals surface area contributed by atoms with E-state index in [9.17, 15) is 9.50 Å².